The zero-order valence-corrected chi connectivity index (χ0v) is 31.7. The molecule has 45 heavy (non-hydrogen) atoms. The fourth-order valence-corrected chi connectivity index (χ4v) is 11.5. The minimum Gasteiger partial charge on any atom is -0.0656 e. The maximum absolute atomic E-state index is 2.54. The number of allylic oxidation sites excluding steroid dienone is 2. The van der Waals surface area contributed by atoms with Crippen LogP contribution in [0.2, 0.25) is 51.4 Å². The number of rotatable bonds is 10. The lowest BCUT2D eigenvalue weighted by Gasteiger charge is -2.20. The minimum absolute atomic E-state index is 0.552. The van der Waals surface area contributed by atoms with Crippen molar-refractivity contribution in [3.63, 3.8) is 0 Å². The van der Waals surface area contributed by atoms with Gasteiger partial charge in [-0.3, -0.25) is 0 Å². The maximum atomic E-state index is 2.54. The summed E-state index contributed by atoms with van der Waals surface area (Å²) in [5.74, 6) is 1.10. The SMILES string of the molecule is CCC1=Cc2c(-c3ccc([Si](C)(C)C)cc3)cccc2C1C[Si]CC1C(CC)=Cc2c(-c3ccc([Si](C)(C)C)cc3)cccc21. The number of hydrogen-bond donors (Lipinski definition) is 0. The van der Waals surface area contributed by atoms with Crippen LogP contribution in [-0.2, 0) is 0 Å². The van der Waals surface area contributed by atoms with E-state index in [1.165, 1.54) is 55.8 Å². The molecule has 0 saturated carbocycles. The third kappa shape index (κ3) is 6.37. The molecule has 0 heterocycles. The van der Waals surface area contributed by atoms with Gasteiger partial charge >= 0.3 is 0 Å². The van der Waals surface area contributed by atoms with Gasteiger partial charge in [-0.1, -0.05) is 184 Å². The summed E-state index contributed by atoms with van der Waals surface area (Å²) in [6, 6.07) is 35.6. The molecule has 0 fully saturated rings. The van der Waals surface area contributed by atoms with Gasteiger partial charge in [-0.25, -0.2) is 0 Å². The first-order chi connectivity index (χ1) is 21.5. The fraction of sp³-hybridized carbons (Fsp3) is 0.333. The summed E-state index contributed by atoms with van der Waals surface area (Å²) in [4.78, 5) is 0. The van der Waals surface area contributed by atoms with Crippen molar-refractivity contribution in [3.05, 3.63) is 118 Å². The zero-order valence-electron chi connectivity index (χ0n) is 28.7. The topological polar surface area (TPSA) is 0 Å². The second kappa shape index (κ2) is 12.7. The van der Waals surface area contributed by atoms with E-state index in [9.17, 15) is 0 Å². The van der Waals surface area contributed by atoms with Crippen LogP contribution in [0.4, 0.5) is 0 Å². The van der Waals surface area contributed by atoms with E-state index in [2.05, 4.69) is 150 Å². The molecular formula is C42H50Si3. The first-order valence-corrected chi connectivity index (χ1v) is 25.5. The second-order valence-electron chi connectivity index (χ2n) is 15.2. The highest BCUT2D eigenvalue weighted by Gasteiger charge is 2.29. The number of benzene rings is 4. The van der Waals surface area contributed by atoms with Gasteiger partial charge in [0, 0.05) is 21.4 Å². The molecule has 4 aromatic rings. The molecule has 0 saturated heterocycles. The van der Waals surface area contributed by atoms with Crippen molar-refractivity contribution in [3.8, 4) is 22.3 Å². The molecule has 0 bridgehead atoms. The Labute approximate surface area is 277 Å². The van der Waals surface area contributed by atoms with Crippen molar-refractivity contribution in [1.29, 1.82) is 0 Å². The third-order valence-electron chi connectivity index (χ3n) is 10.2. The quantitative estimate of drug-likeness (QED) is 0.152. The van der Waals surface area contributed by atoms with Crippen molar-refractivity contribution in [2.45, 2.75) is 89.9 Å². The highest BCUT2D eigenvalue weighted by Crippen LogP contribution is 2.47. The van der Waals surface area contributed by atoms with E-state index in [1.807, 2.05) is 0 Å². The molecule has 2 atom stereocenters. The predicted molar refractivity (Wildman–Crippen MR) is 207 cm³/mol. The summed E-state index contributed by atoms with van der Waals surface area (Å²) in [6.45, 7) is 19.3. The van der Waals surface area contributed by atoms with Crippen molar-refractivity contribution >= 4 is 48.2 Å². The lowest BCUT2D eigenvalue weighted by Crippen LogP contribution is -2.37. The van der Waals surface area contributed by atoms with Crippen LogP contribution in [-0.4, -0.2) is 25.7 Å². The van der Waals surface area contributed by atoms with Crippen LogP contribution in [0.15, 0.2) is 96.1 Å². The molecule has 2 radical (unpaired) electrons. The van der Waals surface area contributed by atoms with Crippen molar-refractivity contribution < 1.29 is 0 Å². The van der Waals surface area contributed by atoms with Crippen LogP contribution in [0.1, 0.15) is 60.8 Å². The third-order valence-corrected chi connectivity index (χ3v) is 15.7. The molecule has 6 rings (SSSR count). The van der Waals surface area contributed by atoms with Gasteiger partial charge in [-0.15, -0.1) is 0 Å². The zero-order chi connectivity index (χ0) is 31.9. The van der Waals surface area contributed by atoms with Gasteiger partial charge in [-0.05, 0) is 57.3 Å². The molecule has 0 aromatic heterocycles. The van der Waals surface area contributed by atoms with Gasteiger partial charge < -0.3 is 0 Å². The van der Waals surface area contributed by atoms with Gasteiger partial charge in [0.1, 0.15) is 0 Å². The van der Waals surface area contributed by atoms with Gasteiger partial charge in [-0.2, -0.15) is 0 Å². The largest absolute Gasteiger partial charge is 0.0775 e. The second-order valence-corrected chi connectivity index (χ2v) is 26.7. The Morgan fingerprint density at radius 3 is 1.22 bits per heavy atom. The predicted octanol–water partition coefficient (Wildman–Crippen LogP) is 11.1. The molecule has 230 valence electrons. The molecule has 2 unspecified atom stereocenters. The van der Waals surface area contributed by atoms with Crippen molar-refractivity contribution in [2.24, 2.45) is 0 Å². The van der Waals surface area contributed by atoms with E-state index >= 15 is 0 Å². The average Bonchev–Trinajstić information content (AvgIpc) is 3.58. The average molecular weight is 639 g/mol. The van der Waals surface area contributed by atoms with E-state index in [1.54, 1.807) is 22.3 Å². The Bertz CT molecular complexity index is 1610. The van der Waals surface area contributed by atoms with Crippen molar-refractivity contribution in [2.75, 3.05) is 0 Å². The van der Waals surface area contributed by atoms with Crippen LogP contribution in [0, 0.1) is 0 Å². The van der Waals surface area contributed by atoms with Gasteiger partial charge in [0.15, 0.2) is 0 Å². The monoisotopic (exact) mass is 638 g/mol. The lowest BCUT2D eigenvalue weighted by molar-refractivity contribution is 0.830. The Hall–Kier alpha value is -2.99. The summed E-state index contributed by atoms with van der Waals surface area (Å²) in [5, 5.41) is 3.06. The van der Waals surface area contributed by atoms with Crippen LogP contribution in [0.3, 0.4) is 0 Å². The first-order valence-electron chi connectivity index (χ1n) is 17.1. The first kappa shape index (κ1) is 32.0. The summed E-state index contributed by atoms with van der Waals surface area (Å²) in [5.41, 5.74) is 14.8. The van der Waals surface area contributed by atoms with E-state index in [4.69, 9.17) is 0 Å². The van der Waals surface area contributed by atoms with E-state index in [0.717, 1.165) is 22.4 Å². The Balaban J connectivity index is 1.21. The van der Waals surface area contributed by atoms with Crippen molar-refractivity contribution in [1.82, 2.24) is 0 Å². The number of fused-ring (bicyclic) bond motifs is 2. The molecule has 2 aliphatic carbocycles. The fourth-order valence-electron chi connectivity index (χ4n) is 7.42. The highest BCUT2D eigenvalue weighted by atomic mass is 28.3. The Kier molecular flexibility index (Phi) is 9.00. The number of hydrogen-bond acceptors (Lipinski definition) is 0. The lowest BCUT2D eigenvalue weighted by atomic mass is 9.92. The highest BCUT2D eigenvalue weighted by molar-refractivity contribution is 6.89. The Morgan fingerprint density at radius 1 is 0.511 bits per heavy atom. The molecule has 0 spiro atoms. The van der Waals surface area contributed by atoms with Crippen LogP contribution >= 0.6 is 0 Å². The maximum Gasteiger partial charge on any atom is 0.0775 e. The van der Waals surface area contributed by atoms with E-state index in [0.29, 0.717) is 11.8 Å². The van der Waals surface area contributed by atoms with Crippen LogP contribution in [0.25, 0.3) is 34.4 Å². The van der Waals surface area contributed by atoms with Gasteiger partial charge in [0.2, 0.25) is 0 Å². The smallest absolute Gasteiger partial charge is 0.0656 e. The van der Waals surface area contributed by atoms with Gasteiger partial charge in [0.25, 0.3) is 0 Å². The summed E-state index contributed by atoms with van der Waals surface area (Å²) in [7, 11) is -1.67. The molecular weight excluding hydrogens is 589 g/mol. The summed E-state index contributed by atoms with van der Waals surface area (Å²) < 4.78 is 0. The molecule has 0 amide bonds. The molecule has 2 aliphatic rings. The molecule has 0 nitrogen and oxygen atoms in total. The van der Waals surface area contributed by atoms with Crippen LogP contribution < -0.4 is 10.4 Å². The standard InChI is InChI=1S/C42H50Si3/c1-9-29-25-39-35(31-17-21-33(22-18-31)44(3,4)5)13-11-15-37(39)41(29)27-43-28-42-30(10-2)26-40-36(14-12-16-38(40)42)32-19-23-34(24-20-32)45(6,7)8/h11-26,41-42H,9-10,27-28H2,1-8H3. The van der Waals surface area contributed by atoms with E-state index in [-0.39, 0.29) is 0 Å². The molecule has 4 aromatic carbocycles. The summed E-state index contributed by atoms with van der Waals surface area (Å²) in [6.07, 6.45) is 7.33. The molecule has 0 N–H and O–H groups in total. The normalized spacial score (nSPS) is 17.6. The summed E-state index contributed by atoms with van der Waals surface area (Å²) >= 11 is 0. The van der Waals surface area contributed by atoms with E-state index < -0.39 is 16.1 Å². The molecule has 0 aliphatic heterocycles. The van der Waals surface area contributed by atoms with Crippen LogP contribution in [0.5, 0.6) is 0 Å². The minimum atomic E-state index is -1.30. The Morgan fingerprint density at radius 2 is 0.889 bits per heavy atom. The molecule has 3 heteroatoms. The van der Waals surface area contributed by atoms with Gasteiger partial charge in [0.05, 0.1) is 16.1 Å².